The molecule has 60 valence electrons. The maximum Gasteiger partial charge on any atom is 0.149 e. The van der Waals surface area contributed by atoms with Gasteiger partial charge in [0.05, 0.1) is 6.61 Å². The van der Waals surface area contributed by atoms with Crippen molar-refractivity contribution in [2.24, 2.45) is 0 Å². The van der Waals surface area contributed by atoms with Gasteiger partial charge in [-0.3, -0.25) is 5.26 Å². The second kappa shape index (κ2) is 5.26. The summed E-state index contributed by atoms with van der Waals surface area (Å²) in [6.45, 7) is 7.87. The molecule has 1 unspecified atom stereocenters. The van der Waals surface area contributed by atoms with Crippen LogP contribution >= 0.6 is 0 Å². The standard InChI is InChI=1S/C7H14O3/c1-4-7(10-8)6(3)9-5-2/h7-8H,3-5H2,1-2H3. The van der Waals surface area contributed by atoms with Crippen molar-refractivity contribution in [3.05, 3.63) is 12.3 Å². The molecule has 3 heteroatoms. The molecule has 1 atom stereocenters. The van der Waals surface area contributed by atoms with Crippen LogP contribution in [-0.2, 0) is 9.62 Å². The van der Waals surface area contributed by atoms with E-state index < -0.39 is 0 Å². The first kappa shape index (κ1) is 9.46. The molecule has 0 aliphatic rings. The van der Waals surface area contributed by atoms with Crippen LogP contribution in [0.15, 0.2) is 12.3 Å². The van der Waals surface area contributed by atoms with E-state index >= 15 is 0 Å². The Morgan fingerprint density at radius 3 is 2.50 bits per heavy atom. The van der Waals surface area contributed by atoms with E-state index in [9.17, 15) is 0 Å². The first-order valence-corrected chi connectivity index (χ1v) is 3.38. The van der Waals surface area contributed by atoms with Gasteiger partial charge in [-0.1, -0.05) is 13.5 Å². The summed E-state index contributed by atoms with van der Waals surface area (Å²) < 4.78 is 5.01. The van der Waals surface area contributed by atoms with Gasteiger partial charge in [0, 0.05) is 0 Å². The fraction of sp³-hybridized carbons (Fsp3) is 0.714. The molecule has 0 aromatic heterocycles. The molecule has 0 amide bonds. The number of ether oxygens (including phenoxy) is 1. The molecule has 3 nitrogen and oxygen atoms in total. The monoisotopic (exact) mass is 146 g/mol. The summed E-state index contributed by atoms with van der Waals surface area (Å²) in [5.74, 6) is 0.479. The van der Waals surface area contributed by atoms with E-state index in [4.69, 9.17) is 9.99 Å². The maximum atomic E-state index is 8.28. The van der Waals surface area contributed by atoms with E-state index in [0.29, 0.717) is 18.8 Å². The fourth-order valence-electron chi connectivity index (χ4n) is 0.639. The minimum atomic E-state index is -0.389. The van der Waals surface area contributed by atoms with Crippen molar-refractivity contribution >= 4 is 0 Å². The average molecular weight is 146 g/mol. The van der Waals surface area contributed by atoms with Crippen LogP contribution in [0.3, 0.4) is 0 Å². The minimum Gasteiger partial charge on any atom is -0.496 e. The first-order valence-electron chi connectivity index (χ1n) is 3.38. The summed E-state index contributed by atoms with van der Waals surface area (Å²) >= 11 is 0. The maximum absolute atomic E-state index is 8.28. The van der Waals surface area contributed by atoms with E-state index in [1.165, 1.54) is 0 Å². The van der Waals surface area contributed by atoms with Crippen LogP contribution in [0.4, 0.5) is 0 Å². The minimum absolute atomic E-state index is 0.389. The molecule has 1 N–H and O–H groups in total. The molecule has 0 radical (unpaired) electrons. The zero-order valence-electron chi connectivity index (χ0n) is 6.46. The number of hydrogen-bond acceptors (Lipinski definition) is 3. The molecule has 0 spiro atoms. The fourth-order valence-corrected chi connectivity index (χ4v) is 0.639. The molecule has 0 saturated heterocycles. The van der Waals surface area contributed by atoms with Gasteiger partial charge in [0.2, 0.25) is 0 Å². The van der Waals surface area contributed by atoms with E-state index in [-0.39, 0.29) is 6.10 Å². The molecule has 0 bridgehead atoms. The Balaban J connectivity index is 3.65. The van der Waals surface area contributed by atoms with Gasteiger partial charge in [0.1, 0.15) is 11.9 Å². The highest BCUT2D eigenvalue weighted by Crippen LogP contribution is 2.08. The van der Waals surface area contributed by atoms with Gasteiger partial charge in [-0.25, -0.2) is 4.89 Å². The van der Waals surface area contributed by atoms with Gasteiger partial charge in [0.15, 0.2) is 0 Å². The Hall–Kier alpha value is -0.540. The van der Waals surface area contributed by atoms with Gasteiger partial charge in [-0.05, 0) is 13.3 Å². The zero-order chi connectivity index (χ0) is 7.98. The normalized spacial score (nSPS) is 12.7. The van der Waals surface area contributed by atoms with E-state index in [1.54, 1.807) is 0 Å². The van der Waals surface area contributed by atoms with Crippen molar-refractivity contribution in [2.45, 2.75) is 26.4 Å². The number of hydrogen-bond donors (Lipinski definition) is 1. The summed E-state index contributed by atoms with van der Waals surface area (Å²) in [6, 6.07) is 0. The molecule has 0 rings (SSSR count). The molecule has 0 aliphatic heterocycles. The van der Waals surface area contributed by atoms with Gasteiger partial charge in [-0.2, -0.15) is 0 Å². The highest BCUT2D eigenvalue weighted by atomic mass is 17.1. The van der Waals surface area contributed by atoms with Crippen LogP contribution < -0.4 is 0 Å². The van der Waals surface area contributed by atoms with E-state index in [2.05, 4.69) is 11.5 Å². The van der Waals surface area contributed by atoms with Crippen molar-refractivity contribution in [1.29, 1.82) is 0 Å². The topological polar surface area (TPSA) is 38.7 Å². The van der Waals surface area contributed by atoms with Crippen molar-refractivity contribution < 1.29 is 14.9 Å². The summed E-state index contributed by atoms with van der Waals surface area (Å²) in [4.78, 5) is 4.09. The van der Waals surface area contributed by atoms with Crippen LogP contribution in [0.5, 0.6) is 0 Å². The van der Waals surface area contributed by atoms with Crippen LogP contribution in [0, 0.1) is 0 Å². The van der Waals surface area contributed by atoms with Crippen LogP contribution in [-0.4, -0.2) is 18.0 Å². The Morgan fingerprint density at radius 2 is 2.20 bits per heavy atom. The largest absolute Gasteiger partial charge is 0.496 e. The van der Waals surface area contributed by atoms with Crippen molar-refractivity contribution in [1.82, 2.24) is 0 Å². The third-order valence-electron chi connectivity index (χ3n) is 1.19. The highest BCUT2D eigenvalue weighted by molar-refractivity contribution is 4.91. The summed E-state index contributed by atoms with van der Waals surface area (Å²) in [5, 5.41) is 8.28. The highest BCUT2D eigenvalue weighted by Gasteiger charge is 2.10. The van der Waals surface area contributed by atoms with Gasteiger partial charge >= 0.3 is 0 Å². The van der Waals surface area contributed by atoms with E-state index in [1.807, 2.05) is 13.8 Å². The van der Waals surface area contributed by atoms with Crippen LogP contribution in [0.25, 0.3) is 0 Å². The third-order valence-corrected chi connectivity index (χ3v) is 1.19. The Labute approximate surface area is 61.2 Å². The SMILES string of the molecule is C=C(OCC)C(CC)OO. The summed E-state index contributed by atoms with van der Waals surface area (Å²) in [6.07, 6.45) is 0.273. The van der Waals surface area contributed by atoms with E-state index in [0.717, 1.165) is 0 Å². The van der Waals surface area contributed by atoms with Crippen LogP contribution in [0.2, 0.25) is 0 Å². The Morgan fingerprint density at radius 1 is 1.60 bits per heavy atom. The average Bonchev–Trinajstić information content (AvgIpc) is 1.91. The molecular weight excluding hydrogens is 132 g/mol. The molecule has 0 fully saturated rings. The van der Waals surface area contributed by atoms with Crippen LogP contribution in [0.1, 0.15) is 20.3 Å². The van der Waals surface area contributed by atoms with Crippen molar-refractivity contribution in [2.75, 3.05) is 6.61 Å². The van der Waals surface area contributed by atoms with Gasteiger partial charge in [-0.15, -0.1) is 0 Å². The second-order valence-corrected chi connectivity index (χ2v) is 1.90. The second-order valence-electron chi connectivity index (χ2n) is 1.90. The van der Waals surface area contributed by atoms with Crippen molar-refractivity contribution in [3.8, 4) is 0 Å². The third kappa shape index (κ3) is 2.85. The first-order chi connectivity index (χ1) is 4.76. The molecule has 0 aliphatic carbocycles. The number of rotatable bonds is 5. The molecule has 10 heavy (non-hydrogen) atoms. The lowest BCUT2D eigenvalue weighted by Crippen LogP contribution is -2.14. The molecule has 0 saturated carbocycles. The quantitative estimate of drug-likeness (QED) is 0.365. The molecular formula is C7H14O3. The van der Waals surface area contributed by atoms with Crippen molar-refractivity contribution in [3.63, 3.8) is 0 Å². The lowest BCUT2D eigenvalue weighted by molar-refractivity contribution is -0.275. The predicted octanol–water partition coefficient (Wildman–Crippen LogP) is 1.80. The lowest BCUT2D eigenvalue weighted by Gasteiger charge is -2.13. The Bertz CT molecular complexity index is 97.0. The van der Waals surface area contributed by atoms with Gasteiger partial charge < -0.3 is 4.74 Å². The summed E-state index contributed by atoms with van der Waals surface area (Å²) in [7, 11) is 0. The molecule has 0 aromatic rings. The molecule has 0 heterocycles. The predicted molar refractivity (Wildman–Crippen MR) is 38.6 cm³/mol. The molecule has 0 aromatic carbocycles. The smallest absolute Gasteiger partial charge is 0.149 e. The zero-order valence-corrected chi connectivity index (χ0v) is 6.46. The summed E-state index contributed by atoms with van der Waals surface area (Å²) in [5.41, 5.74) is 0. The lowest BCUT2D eigenvalue weighted by atomic mass is 10.2. The van der Waals surface area contributed by atoms with Gasteiger partial charge in [0.25, 0.3) is 0 Å². The Kier molecular flexibility index (Phi) is 4.98.